The average Bonchev–Trinajstić information content (AvgIpc) is 2.66. The van der Waals surface area contributed by atoms with E-state index < -0.39 is 0 Å². The molecule has 0 atom stereocenters. The molecule has 0 saturated carbocycles. The molecule has 0 bridgehead atoms. The number of pyridine rings is 1. The molecule has 2 aromatic rings. The second-order valence-electron chi connectivity index (χ2n) is 6.80. The standard InChI is InChI=1S/C21H26BrN3O/c1-4-25(3)14-23-20-12-19(22)21(24-15(20)2)26-13-16-9-10-17-7-5-6-8-18(17)11-16/h9-12,14H,4-8,13H2,1-3H3/b23-14+. The van der Waals surface area contributed by atoms with E-state index in [1.54, 1.807) is 0 Å². The number of aliphatic imine (C=N–C) groups is 1. The van der Waals surface area contributed by atoms with Gasteiger partial charge in [-0.3, -0.25) is 0 Å². The monoisotopic (exact) mass is 415 g/mol. The van der Waals surface area contributed by atoms with E-state index in [0.29, 0.717) is 12.5 Å². The van der Waals surface area contributed by atoms with Crippen molar-refractivity contribution >= 4 is 28.0 Å². The quantitative estimate of drug-likeness (QED) is 0.479. The average molecular weight is 416 g/mol. The van der Waals surface area contributed by atoms with E-state index in [1.165, 1.54) is 42.4 Å². The van der Waals surface area contributed by atoms with Crippen molar-refractivity contribution in [3.63, 3.8) is 0 Å². The van der Waals surface area contributed by atoms with Crippen LogP contribution < -0.4 is 4.74 Å². The van der Waals surface area contributed by atoms with Gasteiger partial charge in [-0.2, -0.15) is 0 Å². The predicted octanol–water partition coefficient (Wildman–Crippen LogP) is 5.22. The molecule has 0 amide bonds. The lowest BCUT2D eigenvalue weighted by Crippen LogP contribution is -2.14. The molecule has 0 aliphatic heterocycles. The van der Waals surface area contributed by atoms with E-state index >= 15 is 0 Å². The summed E-state index contributed by atoms with van der Waals surface area (Å²) >= 11 is 3.56. The zero-order valence-electron chi connectivity index (χ0n) is 15.8. The third-order valence-corrected chi connectivity index (χ3v) is 5.36. The van der Waals surface area contributed by atoms with E-state index in [9.17, 15) is 0 Å². The molecule has 1 aliphatic carbocycles. The van der Waals surface area contributed by atoms with Crippen molar-refractivity contribution in [2.45, 2.75) is 46.1 Å². The van der Waals surface area contributed by atoms with Crippen LogP contribution in [0.15, 0.2) is 33.7 Å². The molecular weight excluding hydrogens is 390 g/mol. The molecule has 0 saturated heterocycles. The number of aryl methyl sites for hydroxylation is 3. The molecule has 0 fully saturated rings. The Hall–Kier alpha value is -1.88. The molecule has 5 heteroatoms. The molecule has 0 unspecified atom stereocenters. The number of aromatic nitrogens is 1. The first-order valence-corrected chi connectivity index (χ1v) is 10.0. The second kappa shape index (κ2) is 8.67. The van der Waals surface area contributed by atoms with Gasteiger partial charge in [-0.25, -0.2) is 9.98 Å². The van der Waals surface area contributed by atoms with Crippen LogP contribution in [0.1, 0.15) is 42.1 Å². The van der Waals surface area contributed by atoms with E-state index in [0.717, 1.165) is 22.4 Å². The fourth-order valence-corrected chi connectivity index (χ4v) is 3.47. The van der Waals surface area contributed by atoms with Gasteiger partial charge in [0.15, 0.2) is 0 Å². The highest BCUT2D eigenvalue weighted by molar-refractivity contribution is 9.10. The van der Waals surface area contributed by atoms with Gasteiger partial charge in [-0.1, -0.05) is 18.2 Å². The molecule has 1 heterocycles. The second-order valence-corrected chi connectivity index (χ2v) is 7.65. The van der Waals surface area contributed by atoms with Gasteiger partial charge in [0.2, 0.25) is 5.88 Å². The maximum absolute atomic E-state index is 5.98. The Labute approximate surface area is 164 Å². The molecule has 1 aromatic heterocycles. The number of halogens is 1. The van der Waals surface area contributed by atoms with Crippen LogP contribution in [0, 0.1) is 6.92 Å². The minimum atomic E-state index is 0.527. The van der Waals surface area contributed by atoms with Gasteiger partial charge < -0.3 is 9.64 Å². The first-order chi connectivity index (χ1) is 12.6. The Morgan fingerprint density at radius 3 is 2.77 bits per heavy atom. The number of hydrogen-bond donors (Lipinski definition) is 0. The maximum Gasteiger partial charge on any atom is 0.228 e. The summed E-state index contributed by atoms with van der Waals surface area (Å²) in [5.41, 5.74) is 5.87. The number of ether oxygens (including phenoxy) is 1. The van der Waals surface area contributed by atoms with E-state index in [1.807, 2.05) is 31.3 Å². The first-order valence-electron chi connectivity index (χ1n) is 9.22. The van der Waals surface area contributed by atoms with Crippen molar-refractivity contribution in [3.8, 4) is 5.88 Å². The lowest BCUT2D eigenvalue weighted by molar-refractivity contribution is 0.291. The highest BCUT2D eigenvalue weighted by atomic mass is 79.9. The molecule has 0 N–H and O–H groups in total. The van der Waals surface area contributed by atoms with Crippen LogP contribution in [0.5, 0.6) is 5.88 Å². The molecule has 4 nitrogen and oxygen atoms in total. The lowest BCUT2D eigenvalue weighted by Gasteiger charge is -2.17. The summed E-state index contributed by atoms with van der Waals surface area (Å²) in [6.45, 7) is 5.49. The molecule has 0 spiro atoms. The minimum absolute atomic E-state index is 0.527. The SMILES string of the molecule is CCN(C)/C=N/c1cc(Br)c(OCc2ccc3c(c2)CCCC3)nc1C. The van der Waals surface area contributed by atoms with Crippen molar-refractivity contribution in [1.82, 2.24) is 9.88 Å². The molecule has 3 rings (SSSR count). The Balaban J connectivity index is 1.70. The van der Waals surface area contributed by atoms with Crippen molar-refractivity contribution in [3.05, 3.63) is 51.1 Å². The van der Waals surface area contributed by atoms with Gasteiger partial charge in [0, 0.05) is 13.6 Å². The molecular formula is C21H26BrN3O. The van der Waals surface area contributed by atoms with Crippen LogP contribution in [-0.2, 0) is 19.4 Å². The Morgan fingerprint density at radius 1 is 1.23 bits per heavy atom. The fourth-order valence-electron chi connectivity index (χ4n) is 3.05. The van der Waals surface area contributed by atoms with E-state index in [-0.39, 0.29) is 0 Å². The predicted molar refractivity (Wildman–Crippen MR) is 111 cm³/mol. The number of nitrogens with zero attached hydrogens (tertiary/aromatic N) is 3. The summed E-state index contributed by atoms with van der Waals surface area (Å²) in [7, 11) is 2.00. The minimum Gasteiger partial charge on any atom is -0.472 e. The molecule has 0 radical (unpaired) electrons. The van der Waals surface area contributed by atoms with Crippen LogP contribution in [0.4, 0.5) is 5.69 Å². The summed E-state index contributed by atoms with van der Waals surface area (Å²) in [6, 6.07) is 8.67. The Morgan fingerprint density at radius 2 is 2.00 bits per heavy atom. The van der Waals surface area contributed by atoms with Gasteiger partial charge >= 0.3 is 0 Å². The smallest absolute Gasteiger partial charge is 0.228 e. The lowest BCUT2D eigenvalue weighted by atomic mass is 9.90. The summed E-state index contributed by atoms with van der Waals surface area (Å²) in [5.74, 6) is 0.614. The first kappa shape index (κ1) is 18.9. The molecule has 1 aromatic carbocycles. The third-order valence-electron chi connectivity index (χ3n) is 4.79. The van der Waals surface area contributed by atoms with Gasteiger partial charge in [0.05, 0.1) is 22.2 Å². The van der Waals surface area contributed by atoms with Gasteiger partial charge in [0.1, 0.15) is 6.61 Å². The summed E-state index contributed by atoms with van der Waals surface area (Å²) in [4.78, 5) is 11.1. The maximum atomic E-state index is 5.98. The zero-order chi connectivity index (χ0) is 18.5. The van der Waals surface area contributed by atoms with Crippen LogP contribution >= 0.6 is 15.9 Å². The molecule has 138 valence electrons. The van der Waals surface area contributed by atoms with Crippen molar-refractivity contribution in [1.29, 1.82) is 0 Å². The Bertz CT molecular complexity index is 804. The van der Waals surface area contributed by atoms with Gasteiger partial charge in [0.25, 0.3) is 0 Å². The van der Waals surface area contributed by atoms with E-state index in [2.05, 4.69) is 51.0 Å². The highest BCUT2D eigenvalue weighted by Crippen LogP contribution is 2.30. The largest absolute Gasteiger partial charge is 0.472 e. The zero-order valence-corrected chi connectivity index (χ0v) is 17.3. The Kier molecular flexibility index (Phi) is 6.30. The van der Waals surface area contributed by atoms with Crippen LogP contribution in [0.2, 0.25) is 0 Å². The number of hydrogen-bond acceptors (Lipinski definition) is 3. The van der Waals surface area contributed by atoms with Gasteiger partial charge in [-0.05, 0) is 78.2 Å². The fraction of sp³-hybridized carbons (Fsp3) is 0.429. The summed E-state index contributed by atoms with van der Waals surface area (Å²) in [5, 5.41) is 0. The third kappa shape index (κ3) is 4.64. The normalized spacial score (nSPS) is 13.7. The van der Waals surface area contributed by atoms with Crippen LogP contribution in [0.25, 0.3) is 0 Å². The van der Waals surface area contributed by atoms with Crippen LogP contribution in [0.3, 0.4) is 0 Å². The number of rotatable bonds is 6. The van der Waals surface area contributed by atoms with E-state index in [4.69, 9.17) is 4.74 Å². The van der Waals surface area contributed by atoms with Gasteiger partial charge in [-0.15, -0.1) is 0 Å². The van der Waals surface area contributed by atoms with Crippen molar-refractivity contribution in [2.24, 2.45) is 4.99 Å². The summed E-state index contributed by atoms with van der Waals surface area (Å²) in [6.07, 6.45) is 6.81. The topological polar surface area (TPSA) is 37.7 Å². The van der Waals surface area contributed by atoms with Crippen molar-refractivity contribution < 1.29 is 4.74 Å². The van der Waals surface area contributed by atoms with Crippen molar-refractivity contribution in [2.75, 3.05) is 13.6 Å². The molecule has 1 aliphatic rings. The number of fused-ring (bicyclic) bond motifs is 1. The van der Waals surface area contributed by atoms with Crippen LogP contribution in [-0.4, -0.2) is 29.8 Å². The number of benzene rings is 1. The molecule has 26 heavy (non-hydrogen) atoms. The summed E-state index contributed by atoms with van der Waals surface area (Å²) < 4.78 is 6.80. The highest BCUT2D eigenvalue weighted by Gasteiger charge is 2.11.